The first kappa shape index (κ1) is 26.0. The molecule has 200 valence electrons. The van der Waals surface area contributed by atoms with Crippen molar-refractivity contribution in [3.8, 4) is 11.3 Å². The van der Waals surface area contributed by atoms with Gasteiger partial charge >= 0.3 is 0 Å². The molecule has 40 heavy (non-hydrogen) atoms. The van der Waals surface area contributed by atoms with Crippen LogP contribution in [0.1, 0.15) is 35.5 Å². The van der Waals surface area contributed by atoms with E-state index in [2.05, 4.69) is 15.6 Å². The third-order valence-corrected chi connectivity index (χ3v) is 8.05. The van der Waals surface area contributed by atoms with E-state index in [9.17, 15) is 4.79 Å². The second kappa shape index (κ2) is 11.1. The van der Waals surface area contributed by atoms with E-state index >= 15 is 0 Å². The van der Waals surface area contributed by atoms with E-state index < -0.39 is 0 Å². The van der Waals surface area contributed by atoms with Gasteiger partial charge in [-0.05, 0) is 66.5 Å². The maximum atomic E-state index is 13.1. The Morgan fingerprint density at radius 2 is 1.82 bits per heavy atom. The fourth-order valence-corrected chi connectivity index (χ4v) is 5.76. The maximum Gasteiger partial charge on any atom is 0.226 e. The number of benzene rings is 3. The molecule has 3 heterocycles. The van der Waals surface area contributed by atoms with Gasteiger partial charge < -0.3 is 20.0 Å². The molecule has 1 aliphatic heterocycles. The summed E-state index contributed by atoms with van der Waals surface area (Å²) in [6.07, 6.45) is 2.01. The first-order chi connectivity index (χ1) is 19.5. The summed E-state index contributed by atoms with van der Waals surface area (Å²) in [6.45, 7) is 2.38. The third kappa shape index (κ3) is 5.06. The van der Waals surface area contributed by atoms with E-state index in [1.807, 2.05) is 103 Å². The number of nitrogens with zero attached hydrogens (tertiary/aromatic N) is 2. The van der Waals surface area contributed by atoms with Crippen molar-refractivity contribution >= 4 is 51.3 Å². The smallest absolute Gasteiger partial charge is 0.226 e. The van der Waals surface area contributed by atoms with Crippen molar-refractivity contribution < 1.29 is 9.21 Å². The van der Waals surface area contributed by atoms with Gasteiger partial charge in [-0.25, -0.2) is 0 Å². The minimum absolute atomic E-state index is 0.0890. The molecular weight excluding hydrogens is 540 g/mol. The fraction of sp³-hybridized carbons (Fsp3) is 0.156. The Kier molecular flexibility index (Phi) is 7.24. The van der Waals surface area contributed by atoms with Gasteiger partial charge in [-0.1, -0.05) is 66.2 Å². The number of halogens is 1. The van der Waals surface area contributed by atoms with Gasteiger partial charge in [-0.2, -0.15) is 0 Å². The zero-order valence-corrected chi connectivity index (χ0v) is 23.4. The lowest BCUT2D eigenvalue weighted by Crippen LogP contribution is -2.32. The molecule has 2 atom stereocenters. The lowest BCUT2D eigenvalue weighted by atomic mass is 10.0. The second-order valence-corrected chi connectivity index (χ2v) is 10.6. The normalized spacial score (nSPS) is 16.8. The van der Waals surface area contributed by atoms with E-state index in [-0.39, 0.29) is 24.4 Å². The summed E-state index contributed by atoms with van der Waals surface area (Å²) < 4.78 is 6.44. The molecule has 6 rings (SSSR count). The molecule has 0 radical (unpaired) electrons. The summed E-state index contributed by atoms with van der Waals surface area (Å²) >= 11 is 12.2. The van der Waals surface area contributed by atoms with Crippen molar-refractivity contribution in [1.29, 1.82) is 0 Å². The molecule has 0 unspecified atom stereocenters. The standard InChI is InChI=1S/C32H27ClN4O2S/c1-20-22(11-7-12-24(20)33)27-15-16-28(39-27)31-30(26-13-4-5-18-34-26)36-32(40)37(31)19-17-29(38)35-25-14-6-9-21-8-2-3-10-23(21)25/h2-16,18,30-31H,17,19H2,1H3,(H,35,38)(H,36,40)/t30-,31-/m0/s1. The van der Waals surface area contributed by atoms with Crippen LogP contribution in [-0.4, -0.2) is 27.4 Å². The van der Waals surface area contributed by atoms with Crippen LogP contribution in [0.4, 0.5) is 5.69 Å². The van der Waals surface area contributed by atoms with Crippen molar-refractivity contribution in [2.45, 2.75) is 25.4 Å². The van der Waals surface area contributed by atoms with Gasteiger partial charge in [0, 0.05) is 40.8 Å². The molecule has 0 spiro atoms. The Morgan fingerprint density at radius 1 is 1.02 bits per heavy atom. The Bertz CT molecular complexity index is 1700. The molecule has 3 aromatic carbocycles. The van der Waals surface area contributed by atoms with Crippen molar-refractivity contribution in [2.75, 3.05) is 11.9 Å². The van der Waals surface area contributed by atoms with Gasteiger partial charge in [0.15, 0.2) is 5.11 Å². The van der Waals surface area contributed by atoms with Crippen LogP contribution in [-0.2, 0) is 4.79 Å². The summed E-state index contributed by atoms with van der Waals surface area (Å²) in [5.41, 5.74) is 3.52. The van der Waals surface area contributed by atoms with E-state index in [0.717, 1.165) is 44.8 Å². The van der Waals surface area contributed by atoms with Gasteiger partial charge in [0.05, 0.1) is 11.7 Å². The first-order valence-electron chi connectivity index (χ1n) is 13.1. The first-order valence-corrected chi connectivity index (χ1v) is 13.9. The highest BCUT2D eigenvalue weighted by Crippen LogP contribution is 2.41. The van der Waals surface area contributed by atoms with E-state index in [1.165, 1.54) is 0 Å². The molecule has 1 aliphatic rings. The van der Waals surface area contributed by atoms with Gasteiger partial charge in [-0.15, -0.1) is 0 Å². The number of hydrogen-bond donors (Lipinski definition) is 2. The molecule has 0 saturated carbocycles. The molecule has 2 N–H and O–H groups in total. The fourth-order valence-electron chi connectivity index (χ4n) is 5.26. The molecule has 2 aromatic heterocycles. The monoisotopic (exact) mass is 566 g/mol. The number of rotatable bonds is 7. The largest absolute Gasteiger partial charge is 0.459 e. The van der Waals surface area contributed by atoms with Crippen molar-refractivity contribution in [1.82, 2.24) is 15.2 Å². The number of aromatic nitrogens is 1. The second-order valence-electron chi connectivity index (χ2n) is 9.76. The summed E-state index contributed by atoms with van der Waals surface area (Å²) in [4.78, 5) is 19.7. The van der Waals surface area contributed by atoms with Crippen molar-refractivity contribution in [3.63, 3.8) is 0 Å². The molecule has 0 bridgehead atoms. The number of furan rings is 1. The van der Waals surface area contributed by atoms with Crippen molar-refractivity contribution in [3.05, 3.63) is 119 Å². The van der Waals surface area contributed by atoms with Gasteiger partial charge in [0.25, 0.3) is 0 Å². The number of carbonyl (C=O) groups excluding carboxylic acids is 1. The number of fused-ring (bicyclic) bond motifs is 1. The number of amides is 1. The Hall–Kier alpha value is -4.20. The predicted molar refractivity (Wildman–Crippen MR) is 163 cm³/mol. The number of hydrogen-bond acceptors (Lipinski definition) is 4. The van der Waals surface area contributed by atoms with Gasteiger partial charge in [0.2, 0.25) is 5.91 Å². The molecule has 5 aromatic rings. The molecular formula is C32H27ClN4O2S. The Labute approximate surface area is 243 Å². The van der Waals surface area contributed by atoms with Crippen LogP contribution in [0.2, 0.25) is 5.02 Å². The highest BCUT2D eigenvalue weighted by atomic mass is 35.5. The lowest BCUT2D eigenvalue weighted by Gasteiger charge is -2.26. The highest BCUT2D eigenvalue weighted by Gasteiger charge is 2.41. The lowest BCUT2D eigenvalue weighted by molar-refractivity contribution is -0.116. The van der Waals surface area contributed by atoms with Crippen LogP contribution >= 0.6 is 23.8 Å². The zero-order chi connectivity index (χ0) is 27.6. The van der Waals surface area contributed by atoms with Crippen LogP contribution in [0.15, 0.2) is 102 Å². The third-order valence-electron chi connectivity index (χ3n) is 7.29. The summed E-state index contributed by atoms with van der Waals surface area (Å²) in [5.74, 6) is 1.36. The highest BCUT2D eigenvalue weighted by molar-refractivity contribution is 7.80. The SMILES string of the molecule is Cc1c(Cl)cccc1-c1ccc([C@H]2[C@H](c3ccccn3)NC(=S)N2CCC(=O)Nc2cccc3ccccc23)o1. The van der Waals surface area contributed by atoms with Gasteiger partial charge in [-0.3, -0.25) is 9.78 Å². The topological polar surface area (TPSA) is 70.4 Å². The average molecular weight is 567 g/mol. The van der Waals surface area contributed by atoms with Gasteiger partial charge in [0.1, 0.15) is 17.6 Å². The number of thiocarbonyl (C=S) groups is 1. The van der Waals surface area contributed by atoms with E-state index in [1.54, 1.807) is 6.20 Å². The summed E-state index contributed by atoms with van der Waals surface area (Å²) in [7, 11) is 0. The quantitative estimate of drug-likeness (QED) is 0.199. The molecule has 6 nitrogen and oxygen atoms in total. The summed E-state index contributed by atoms with van der Waals surface area (Å²) in [5, 5.41) is 9.81. The van der Waals surface area contributed by atoms with E-state index in [4.69, 9.17) is 28.2 Å². The number of anilines is 1. The molecule has 8 heteroatoms. The minimum Gasteiger partial charge on any atom is -0.459 e. The number of carbonyl (C=O) groups is 1. The van der Waals surface area contributed by atoms with E-state index in [0.29, 0.717) is 16.7 Å². The summed E-state index contributed by atoms with van der Waals surface area (Å²) in [6, 6.07) is 28.9. The van der Waals surface area contributed by atoms with Crippen LogP contribution in [0.5, 0.6) is 0 Å². The van der Waals surface area contributed by atoms with Crippen molar-refractivity contribution in [2.24, 2.45) is 0 Å². The minimum atomic E-state index is -0.291. The van der Waals surface area contributed by atoms with Crippen LogP contribution in [0.25, 0.3) is 22.1 Å². The average Bonchev–Trinajstić information content (AvgIpc) is 3.58. The molecule has 1 saturated heterocycles. The van der Waals surface area contributed by atoms with Crippen LogP contribution in [0.3, 0.4) is 0 Å². The van der Waals surface area contributed by atoms with Crippen LogP contribution in [0, 0.1) is 6.92 Å². The predicted octanol–water partition coefficient (Wildman–Crippen LogP) is 7.46. The number of nitrogens with one attached hydrogen (secondary N) is 2. The molecule has 1 fully saturated rings. The molecule has 1 amide bonds. The maximum absolute atomic E-state index is 13.1. The van der Waals surface area contributed by atoms with Crippen LogP contribution < -0.4 is 10.6 Å². The molecule has 0 aliphatic carbocycles. The Balaban J connectivity index is 1.27. The number of pyridine rings is 1. The Morgan fingerprint density at radius 3 is 2.67 bits per heavy atom. The zero-order valence-electron chi connectivity index (χ0n) is 21.8.